The summed E-state index contributed by atoms with van der Waals surface area (Å²) in [6.45, 7) is 6.62. The van der Waals surface area contributed by atoms with Crippen LogP contribution in [0.15, 0.2) is 24.3 Å². The smallest absolute Gasteiger partial charge is 0.222 e. The third-order valence-corrected chi connectivity index (χ3v) is 4.68. The number of likely N-dealkylation sites (tertiary alicyclic amines) is 1. The highest BCUT2D eigenvalue weighted by Gasteiger charge is 2.24. The van der Waals surface area contributed by atoms with Crippen LogP contribution < -0.4 is 5.32 Å². The highest BCUT2D eigenvalue weighted by molar-refractivity contribution is 6.31. The molecule has 1 aromatic carbocycles. The lowest BCUT2D eigenvalue weighted by molar-refractivity contribution is -0.124. The van der Waals surface area contributed by atoms with E-state index in [2.05, 4.69) is 16.3 Å². The molecule has 1 saturated heterocycles. The van der Waals surface area contributed by atoms with Crippen LogP contribution in [0.5, 0.6) is 0 Å². The third-order valence-electron chi connectivity index (χ3n) is 4.34. The van der Waals surface area contributed by atoms with Crippen LogP contribution in [0, 0.1) is 5.92 Å². The Morgan fingerprint density at radius 2 is 1.82 bits per heavy atom. The van der Waals surface area contributed by atoms with Crippen molar-refractivity contribution in [2.45, 2.75) is 45.6 Å². The minimum absolute atomic E-state index is 0.0102. The number of carbonyl (C=O) groups is 1. The highest BCUT2D eigenvalue weighted by Crippen LogP contribution is 2.29. The molecular weight excluding hydrogens is 296 g/mol. The molecule has 1 amide bonds. The van der Waals surface area contributed by atoms with Crippen molar-refractivity contribution in [3.05, 3.63) is 34.9 Å². The van der Waals surface area contributed by atoms with E-state index < -0.39 is 0 Å². The fourth-order valence-electron chi connectivity index (χ4n) is 2.99. The Balaban J connectivity index is 2.16. The SMILES string of the molecule is CC(C)C(=O)NC[C@H](c1ccccc1Cl)N1CCCCCC1. The predicted octanol–water partition coefficient (Wildman–Crippen LogP) is 4.03. The molecule has 1 heterocycles. The summed E-state index contributed by atoms with van der Waals surface area (Å²) in [7, 11) is 0. The quantitative estimate of drug-likeness (QED) is 0.887. The second-order valence-electron chi connectivity index (χ2n) is 6.39. The number of amides is 1. The number of nitrogens with one attached hydrogen (secondary N) is 1. The average Bonchev–Trinajstić information content (AvgIpc) is 2.78. The molecule has 22 heavy (non-hydrogen) atoms. The Kier molecular flexibility index (Phi) is 6.71. The van der Waals surface area contributed by atoms with Crippen LogP contribution in [-0.4, -0.2) is 30.4 Å². The standard InChI is InChI=1S/C18H27ClN2O/c1-14(2)18(22)20-13-17(15-9-5-6-10-16(15)19)21-11-7-3-4-8-12-21/h5-6,9-10,14,17H,3-4,7-8,11-13H2,1-2H3,(H,20,22)/t17-/m1/s1. The molecule has 0 unspecified atom stereocenters. The molecule has 1 aliphatic rings. The van der Waals surface area contributed by atoms with E-state index in [9.17, 15) is 4.79 Å². The lowest BCUT2D eigenvalue weighted by Crippen LogP contribution is -2.40. The van der Waals surface area contributed by atoms with E-state index in [4.69, 9.17) is 11.6 Å². The van der Waals surface area contributed by atoms with Crippen molar-refractivity contribution in [3.8, 4) is 0 Å². The van der Waals surface area contributed by atoms with Crippen molar-refractivity contribution in [3.63, 3.8) is 0 Å². The van der Waals surface area contributed by atoms with Crippen molar-refractivity contribution >= 4 is 17.5 Å². The summed E-state index contributed by atoms with van der Waals surface area (Å²) in [5.41, 5.74) is 1.12. The molecule has 1 fully saturated rings. The van der Waals surface area contributed by atoms with Gasteiger partial charge in [-0.1, -0.05) is 56.5 Å². The fraction of sp³-hybridized carbons (Fsp3) is 0.611. The maximum absolute atomic E-state index is 12.0. The molecule has 0 bridgehead atoms. The van der Waals surface area contributed by atoms with Gasteiger partial charge in [0.15, 0.2) is 0 Å². The van der Waals surface area contributed by atoms with E-state index >= 15 is 0 Å². The fourth-order valence-corrected chi connectivity index (χ4v) is 3.25. The van der Waals surface area contributed by atoms with Crippen LogP contribution in [-0.2, 0) is 4.79 Å². The molecule has 0 spiro atoms. The first-order chi connectivity index (χ1) is 10.6. The first kappa shape index (κ1) is 17.3. The van der Waals surface area contributed by atoms with Gasteiger partial charge in [0, 0.05) is 17.5 Å². The van der Waals surface area contributed by atoms with Crippen LogP contribution in [0.1, 0.15) is 51.1 Å². The molecule has 0 aromatic heterocycles. The van der Waals surface area contributed by atoms with Gasteiger partial charge in [0.25, 0.3) is 0 Å². The highest BCUT2D eigenvalue weighted by atomic mass is 35.5. The zero-order chi connectivity index (χ0) is 15.9. The molecule has 0 radical (unpaired) electrons. The molecule has 1 aliphatic heterocycles. The summed E-state index contributed by atoms with van der Waals surface area (Å²) in [6.07, 6.45) is 5.03. The number of benzene rings is 1. The van der Waals surface area contributed by atoms with Crippen molar-refractivity contribution in [1.82, 2.24) is 10.2 Å². The Morgan fingerprint density at radius 3 is 2.41 bits per heavy atom. The van der Waals surface area contributed by atoms with Gasteiger partial charge in [0.1, 0.15) is 0 Å². The Bertz CT molecular complexity index is 482. The van der Waals surface area contributed by atoms with Gasteiger partial charge in [-0.15, -0.1) is 0 Å². The van der Waals surface area contributed by atoms with Crippen molar-refractivity contribution < 1.29 is 4.79 Å². The average molecular weight is 323 g/mol. The van der Waals surface area contributed by atoms with Crippen molar-refractivity contribution in [1.29, 1.82) is 0 Å². The number of hydrogen-bond acceptors (Lipinski definition) is 2. The van der Waals surface area contributed by atoms with Gasteiger partial charge in [-0.05, 0) is 37.6 Å². The summed E-state index contributed by atoms with van der Waals surface area (Å²) in [4.78, 5) is 14.4. The van der Waals surface area contributed by atoms with Gasteiger partial charge in [-0.25, -0.2) is 0 Å². The number of nitrogens with zero attached hydrogens (tertiary/aromatic N) is 1. The van der Waals surface area contributed by atoms with E-state index in [1.165, 1.54) is 25.7 Å². The van der Waals surface area contributed by atoms with Gasteiger partial charge in [-0.2, -0.15) is 0 Å². The van der Waals surface area contributed by atoms with E-state index in [-0.39, 0.29) is 17.9 Å². The Hall–Kier alpha value is -1.06. The molecule has 1 N–H and O–H groups in total. The molecule has 1 aromatic rings. The molecule has 0 aliphatic carbocycles. The molecule has 122 valence electrons. The van der Waals surface area contributed by atoms with Crippen LogP contribution in [0.25, 0.3) is 0 Å². The van der Waals surface area contributed by atoms with Gasteiger partial charge >= 0.3 is 0 Å². The van der Waals surface area contributed by atoms with Gasteiger partial charge < -0.3 is 5.32 Å². The topological polar surface area (TPSA) is 32.3 Å². The molecule has 3 nitrogen and oxygen atoms in total. The van der Waals surface area contributed by atoms with Crippen LogP contribution in [0.3, 0.4) is 0 Å². The molecule has 2 rings (SSSR count). The largest absolute Gasteiger partial charge is 0.354 e. The van der Waals surface area contributed by atoms with Crippen molar-refractivity contribution in [2.75, 3.05) is 19.6 Å². The van der Waals surface area contributed by atoms with E-state index in [1.807, 2.05) is 32.0 Å². The van der Waals surface area contributed by atoms with Crippen LogP contribution in [0.2, 0.25) is 5.02 Å². The Labute approximate surface area is 139 Å². The summed E-state index contributed by atoms with van der Waals surface area (Å²) < 4.78 is 0. The van der Waals surface area contributed by atoms with E-state index in [0.29, 0.717) is 6.54 Å². The lowest BCUT2D eigenvalue weighted by atomic mass is 10.0. The minimum Gasteiger partial charge on any atom is -0.354 e. The lowest BCUT2D eigenvalue weighted by Gasteiger charge is -2.32. The first-order valence-electron chi connectivity index (χ1n) is 8.35. The second kappa shape index (κ2) is 8.54. The molecular formula is C18H27ClN2O. The Morgan fingerprint density at radius 1 is 1.18 bits per heavy atom. The number of carbonyl (C=O) groups excluding carboxylic acids is 1. The summed E-state index contributed by atoms with van der Waals surface area (Å²) >= 11 is 6.42. The molecule has 1 atom stereocenters. The first-order valence-corrected chi connectivity index (χ1v) is 8.73. The number of rotatable bonds is 5. The second-order valence-corrected chi connectivity index (χ2v) is 6.79. The zero-order valence-electron chi connectivity index (χ0n) is 13.6. The predicted molar refractivity (Wildman–Crippen MR) is 92.1 cm³/mol. The summed E-state index contributed by atoms with van der Waals surface area (Å²) in [5.74, 6) is 0.114. The van der Waals surface area contributed by atoms with Crippen molar-refractivity contribution in [2.24, 2.45) is 5.92 Å². The maximum atomic E-state index is 12.0. The normalized spacial score (nSPS) is 18.0. The third kappa shape index (κ3) is 4.72. The van der Waals surface area contributed by atoms with E-state index in [0.717, 1.165) is 23.7 Å². The van der Waals surface area contributed by atoms with Gasteiger partial charge in [0.05, 0.1) is 6.04 Å². The number of halogens is 1. The minimum atomic E-state index is 0.0102. The summed E-state index contributed by atoms with van der Waals surface area (Å²) in [6, 6.07) is 8.16. The molecule has 0 saturated carbocycles. The van der Waals surface area contributed by atoms with Crippen LogP contribution >= 0.6 is 11.6 Å². The number of hydrogen-bond donors (Lipinski definition) is 1. The summed E-state index contributed by atoms with van der Waals surface area (Å²) in [5, 5.41) is 3.87. The maximum Gasteiger partial charge on any atom is 0.222 e. The monoisotopic (exact) mass is 322 g/mol. The molecule has 4 heteroatoms. The van der Waals surface area contributed by atoms with Crippen LogP contribution in [0.4, 0.5) is 0 Å². The van der Waals surface area contributed by atoms with Gasteiger partial charge in [0.2, 0.25) is 5.91 Å². The van der Waals surface area contributed by atoms with Gasteiger partial charge in [-0.3, -0.25) is 9.69 Å². The van der Waals surface area contributed by atoms with E-state index in [1.54, 1.807) is 0 Å². The zero-order valence-corrected chi connectivity index (χ0v) is 14.4.